The minimum Gasteiger partial charge on any atom is -0.493 e. The molecule has 1 aliphatic rings. The molecule has 14 heteroatoms. The van der Waals surface area contributed by atoms with Crippen molar-refractivity contribution in [1.82, 2.24) is 10.2 Å². The molecule has 0 bridgehead atoms. The van der Waals surface area contributed by atoms with Crippen molar-refractivity contribution in [2.45, 2.75) is 96.1 Å². The molecule has 45 heavy (non-hydrogen) atoms. The largest absolute Gasteiger partial charge is 0.493 e. The maximum atomic E-state index is 11.1. The first-order chi connectivity index (χ1) is 20.7. The minimum atomic E-state index is -2.74. The second-order valence-corrected chi connectivity index (χ2v) is 12.6. The SMILES string of the molecule is COc1cc(CN(Cc2ccc(C)o2)C2CC(C)(C)NC(C)(C)C2)ccc1OCC(N)=O.O=C(O)CC(O)(CC(=O)O)C(=O)O. The van der Waals surface area contributed by atoms with Crippen LogP contribution in [0.3, 0.4) is 0 Å². The Morgan fingerprint density at radius 1 is 0.978 bits per heavy atom. The van der Waals surface area contributed by atoms with Crippen LogP contribution in [0, 0.1) is 6.92 Å². The maximum Gasteiger partial charge on any atom is 0.336 e. The fourth-order valence-electron chi connectivity index (χ4n) is 5.64. The normalized spacial score (nSPS) is 15.9. The van der Waals surface area contributed by atoms with Crippen molar-refractivity contribution >= 4 is 23.8 Å². The Balaban J connectivity index is 0.000000459. The maximum absolute atomic E-state index is 11.1. The van der Waals surface area contributed by atoms with E-state index in [1.165, 1.54) is 0 Å². The Morgan fingerprint density at radius 2 is 1.56 bits per heavy atom. The molecule has 0 atom stereocenters. The van der Waals surface area contributed by atoms with Crippen LogP contribution >= 0.6 is 0 Å². The van der Waals surface area contributed by atoms with Crippen molar-refractivity contribution in [3.8, 4) is 11.5 Å². The minimum absolute atomic E-state index is 0.0356. The van der Waals surface area contributed by atoms with Gasteiger partial charge in [0.1, 0.15) is 11.5 Å². The lowest BCUT2D eigenvalue weighted by atomic mass is 9.79. The lowest BCUT2D eigenvalue weighted by molar-refractivity contribution is -0.170. The van der Waals surface area contributed by atoms with Crippen LogP contribution < -0.4 is 20.5 Å². The predicted octanol–water partition coefficient (Wildman–Crippen LogP) is 2.52. The Kier molecular flexibility index (Phi) is 12.5. The van der Waals surface area contributed by atoms with E-state index in [0.717, 1.165) is 43.0 Å². The highest BCUT2D eigenvalue weighted by Gasteiger charge is 2.41. The van der Waals surface area contributed by atoms with E-state index in [4.69, 9.17) is 40.1 Å². The lowest BCUT2D eigenvalue weighted by Crippen LogP contribution is -2.62. The number of benzene rings is 1. The van der Waals surface area contributed by atoms with E-state index >= 15 is 0 Å². The highest BCUT2D eigenvalue weighted by Crippen LogP contribution is 2.34. The number of nitrogens with one attached hydrogen (secondary N) is 1. The number of nitrogens with zero attached hydrogens (tertiary/aromatic N) is 1. The first-order valence-electron chi connectivity index (χ1n) is 14.3. The van der Waals surface area contributed by atoms with Crippen LogP contribution in [0.2, 0.25) is 0 Å². The van der Waals surface area contributed by atoms with Gasteiger partial charge in [0.05, 0.1) is 26.5 Å². The number of aryl methyl sites for hydroxylation is 1. The van der Waals surface area contributed by atoms with Crippen molar-refractivity contribution in [2.24, 2.45) is 5.73 Å². The summed E-state index contributed by atoms with van der Waals surface area (Å²) < 4.78 is 16.9. The van der Waals surface area contributed by atoms with Gasteiger partial charge in [0, 0.05) is 23.7 Å². The van der Waals surface area contributed by atoms with E-state index in [9.17, 15) is 19.2 Å². The third kappa shape index (κ3) is 12.0. The summed E-state index contributed by atoms with van der Waals surface area (Å²) in [6, 6.07) is 10.3. The Labute approximate surface area is 262 Å². The van der Waals surface area contributed by atoms with Crippen LogP contribution in [0.15, 0.2) is 34.7 Å². The number of aliphatic carboxylic acids is 3. The van der Waals surface area contributed by atoms with E-state index in [0.29, 0.717) is 17.5 Å². The fraction of sp³-hybridized carbons (Fsp3) is 0.548. The number of aliphatic hydroxyl groups is 1. The average molecular weight is 636 g/mol. The molecule has 1 aromatic heterocycles. The monoisotopic (exact) mass is 635 g/mol. The van der Waals surface area contributed by atoms with E-state index in [2.05, 4.69) is 44.0 Å². The summed E-state index contributed by atoms with van der Waals surface area (Å²) >= 11 is 0. The molecule has 250 valence electrons. The molecule has 1 aliphatic heterocycles. The molecule has 0 aliphatic carbocycles. The van der Waals surface area contributed by atoms with Gasteiger partial charge in [-0.3, -0.25) is 19.3 Å². The number of hydrogen-bond acceptors (Lipinski definition) is 10. The standard InChI is InChI=1S/C25H37N3O4.C6H8O7/c1-17-7-9-20(32-17)15-28(19-12-24(2,3)27-25(4,5)13-19)14-18-8-10-21(22(11-18)30-6)31-16-23(26)29;7-3(8)1-6(13,5(11)12)2-4(9)10/h7-11,19,27H,12-16H2,1-6H3,(H2,26,29);13H,1-2H2,(H,7,8)(H,9,10)(H,11,12). The average Bonchev–Trinajstić information content (AvgIpc) is 3.29. The van der Waals surface area contributed by atoms with Gasteiger partial charge in [-0.15, -0.1) is 0 Å². The molecule has 2 aromatic rings. The summed E-state index contributed by atoms with van der Waals surface area (Å²) in [7, 11) is 1.59. The highest BCUT2D eigenvalue weighted by atomic mass is 16.5. The Morgan fingerprint density at radius 3 is 2.00 bits per heavy atom. The molecule has 7 N–H and O–H groups in total. The van der Waals surface area contributed by atoms with Crippen molar-refractivity contribution in [3.05, 3.63) is 47.4 Å². The molecule has 3 rings (SSSR count). The topological polar surface area (TPSA) is 222 Å². The number of methoxy groups -OCH3 is 1. The zero-order chi connectivity index (χ0) is 34.2. The molecular formula is C31H45N3O11. The number of carbonyl (C=O) groups is 4. The molecule has 1 amide bonds. The second-order valence-electron chi connectivity index (χ2n) is 12.6. The number of carbonyl (C=O) groups excluding carboxylic acids is 1. The Hall–Kier alpha value is -4.14. The lowest BCUT2D eigenvalue weighted by Gasteiger charge is -2.49. The van der Waals surface area contributed by atoms with Gasteiger partial charge in [0.15, 0.2) is 23.7 Å². The van der Waals surface area contributed by atoms with Crippen LogP contribution in [0.4, 0.5) is 0 Å². The molecule has 0 radical (unpaired) electrons. The number of amides is 1. The van der Waals surface area contributed by atoms with Crippen molar-refractivity contribution in [2.75, 3.05) is 13.7 Å². The smallest absolute Gasteiger partial charge is 0.336 e. The molecule has 1 fully saturated rings. The number of ether oxygens (including phenoxy) is 2. The zero-order valence-electron chi connectivity index (χ0n) is 26.6. The molecule has 14 nitrogen and oxygen atoms in total. The number of carboxylic acids is 3. The van der Waals surface area contributed by atoms with Gasteiger partial charge in [-0.25, -0.2) is 4.79 Å². The Bertz CT molecular complexity index is 1320. The number of nitrogens with two attached hydrogens (primary N) is 1. The number of rotatable bonds is 14. The van der Waals surface area contributed by atoms with Crippen LogP contribution in [0.5, 0.6) is 11.5 Å². The van der Waals surface area contributed by atoms with E-state index < -0.39 is 42.3 Å². The van der Waals surface area contributed by atoms with Gasteiger partial charge < -0.3 is 45.4 Å². The van der Waals surface area contributed by atoms with Crippen LogP contribution in [0.25, 0.3) is 0 Å². The van der Waals surface area contributed by atoms with Gasteiger partial charge >= 0.3 is 17.9 Å². The van der Waals surface area contributed by atoms with Crippen LogP contribution in [-0.2, 0) is 32.3 Å². The first-order valence-corrected chi connectivity index (χ1v) is 14.3. The van der Waals surface area contributed by atoms with Crippen molar-refractivity contribution < 1.29 is 53.5 Å². The summed E-state index contributed by atoms with van der Waals surface area (Å²) in [5.74, 6) is -2.56. The summed E-state index contributed by atoms with van der Waals surface area (Å²) in [5, 5.41) is 37.6. The van der Waals surface area contributed by atoms with E-state index in [1.807, 2.05) is 31.2 Å². The molecule has 1 aromatic carbocycles. The molecule has 0 saturated carbocycles. The van der Waals surface area contributed by atoms with Crippen LogP contribution in [-0.4, -0.2) is 85.6 Å². The van der Waals surface area contributed by atoms with E-state index in [-0.39, 0.29) is 17.7 Å². The molecule has 2 heterocycles. The van der Waals surface area contributed by atoms with Gasteiger partial charge in [0.25, 0.3) is 5.91 Å². The third-order valence-electron chi connectivity index (χ3n) is 7.11. The van der Waals surface area contributed by atoms with Gasteiger partial charge in [0.2, 0.25) is 0 Å². The van der Waals surface area contributed by atoms with Gasteiger partial charge in [-0.2, -0.15) is 0 Å². The number of primary amides is 1. The first kappa shape index (κ1) is 37.0. The number of carboxylic acid groups (broad SMARTS) is 3. The fourth-order valence-corrected chi connectivity index (χ4v) is 5.64. The number of hydrogen-bond donors (Lipinski definition) is 6. The van der Waals surface area contributed by atoms with Crippen LogP contribution in [0.1, 0.15) is 70.5 Å². The quantitative estimate of drug-likeness (QED) is 0.176. The van der Waals surface area contributed by atoms with Crippen molar-refractivity contribution in [3.63, 3.8) is 0 Å². The summed E-state index contributed by atoms with van der Waals surface area (Å²) in [4.78, 5) is 44.0. The second kappa shape index (κ2) is 15.2. The van der Waals surface area contributed by atoms with E-state index in [1.54, 1.807) is 7.11 Å². The molecular weight excluding hydrogens is 590 g/mol. The van der Waals surface area contributed by atoms with Gasteiger partial charge in [-0.1, -0.05) is 6.07 Å². The summed E-state index contributed by atoms with van der Waals surface area (Å²) in [6.07, 6.45) is -0.219. The zero-order valence-corrected chi connectivity index (χ0v) is 26.6. The molecule has 1 saturated heterocycles. The molecule has 0 unspecified atom stereocenters. The third-order valence-corrected chi connectivity index (χ3v) is 7.11. The molecule has 0 spiro atoms. The predicted molar refractivity (Wildman–Crippen MR) is 162 cm³/mol. The summed E-state index contributed by atoms with van der Waals surface area (Å²) in [5.41, 5.74) is 3.64. The van der Waals surface area contributed by atoms with Gasteiger partial charge in [-0.05, 0) is 77.3 Å². The summed E-state index contributed by atoms with van der Waals surface area (Å²) in [6.45, 7) is 12.3. The van der Waals surface area contributed by atoms with Crippen molar-refractivity contribution in [1.29, 1.82) is 0 Å². The number of furan rings is 1. The highest BCUT2D eigenvalue weighted by molar-refractivity contribution is 5.88. The number of piperidine rings is 1.